The fraction of sp³-hybridized carbons (Fsp3) is 0.833. The van der Waals surface area contributed by atoms with E-state index in [2.05, 4.69) is 27.2 Å². The van der Waals surface area contributed by atoms with Gasteiger partial charge in [0.25, 0.3) is 0 Å². The van der Waals surface area contributed by atoms with Crippen LogP contribution in [-0.2, 0) is 13.0 Å². The SMILES string of the molecule is C1CC(Cc2nc(CNC3CC3)no2)CCS1. The number of thioether (sulfide) groups is 1. The van der Waals surface area contributed by atoms with Gasteiger partial charge in [-0.3, -0.25) is 0 Å². The lowest BCUT2D eigenvalue weighted by atomic mass is 9.99. The summed E-state index contributed by atoms with van der Waals surface area (Å²) in [6.45, 7) is 0.759. The Hall–Kier alpha value is -0.550. The van der Waals surface area contributed by atoms with Crippen LogP contribution in [0.2, 0.25) is 0 Å². The topological polar surface area (TPSA) is 51.0 Å². The minimum absolute atomic E-state index is 0.701. The first-order chi connectivity index (χ1) is 8.40. The highest BCUT2D eigenvalue weighted by atomic mass is 32.2. The highest BCUT2D eigenvalue weighted by Gasteiger charge is 2.21. The molecule has 0 aromatic carbocycles. The molecule has 2 fully saturated rings. The minimum Gasteiger partial charge on any atom is -0.339 e. The summed E-state index contributed by atoms with van der Waals surface area (Å²) in [5, 5.41) is 7.43. The minimum atomic E-state index is 0.701. The zero-order valence-electron chi connectivity index (χ0n) is 10.0. The van der Waals surface area contributed by atoms with Crippen molar-refractivity contribution in [2.45, 2.75) is 44.7 Å². The lowest BCUT2D eigenvalue weighted by Crippen LogP contribution is -2.16. The molecule has 1 saturated carbocycles. The molecule has 0 atom stereocenters. The molecule has 1 aromatic heterocycles. The Kier molecular flexibility index (Phi) is 3.66. The Bertz CT molecular complexity index is 358. The van der Waals surface area contributed by atoms with Gasteiger partial charge in [0.15, 0.2) is 5.82 Å². The van der Waals surface area contributed by atoms with E-state index >= 15 is 0 Å². The molecule has 2 heterocycles. The Labute approximate surface area is 106 Å². The molecule has 0 radical (unpaired) electrons. The lowest BCUT2D eigenvalue weighted by Gasteiger charge is -2.19. The van der Waals surface area contributed by atoms with Crippen LogP contribution in [0.5, 0.6) is 0 Å². The standard InChI is InChI=1S/C12H19N3OS/c1-2-10(1)13-8-11-14-12(16-15-11)7-9-3-5-17-6-4-9/h9-10,13H,1-8H2. The second-order valence-electron chi connectivity index (χ2n) is 5.02. The first kappa shape index (κ1) is 11.5. The summed E-state index contributed by atoms with van der Waals surface area (Å²) in [5.41, 5.74) is 0. The molecule has 1 aliphatic carbocycles. The fourth-order valence-electron chi connectivity index (χ4n) is 2.17. The fourth-order valence-corrected chi connectivity index (χ4v) is 3.37. The molecular formula is C12H19N3OS. The maximum absolute atomic E-state index is 5.31. The van der Waals surface area contributed by atoms with Crippen LogP contribution in [-0.4, -0.2) is 27.7 Å². The van der Waals surface area contributed by atoms with Gasteiger partial charge in [0.1, 0.15) is 0 Å². The summed E-state index contributed by atoms with van der Waals surface area (Å²) in [4.78, 5) is 4.46. The largest absolute Gasteiger partial charge is 0.339 e. The van der Waals surface area contributed by atoms with Crippen LogP contribution < -0.4 is 5.32 Å². The van der Waals surface area contributed by atoms with Gasteiger partial charge < -0.3 is 9.84 Å². The first-order valence-electron chi connectivity index (χ1n) is 6.53. The zero-order chi connectivity index (χ0) is 11.5. The first-order valence-corrected chi connectivity index (χ1v) is 7.68. The molecule has 4 nitrogen and oxygen atoms in total. The van der Waals surface area contributed by atoms with E-state index < -0.39 is 0 Å². The molecule has 0 amide bonds. The van der Waals surface area contributed by atoms with Crippen LogP contribution in [0, 0.1) is 5.92 Å². The number of nitrogens with zero attached hydrogens (tertiary/aromatic N) is 2. The third kappa shape index (κ3) is 3.45. The van der Waals surface area contributed by atoms with Gasteiger partial charge in [-0.1, -0.05) is 5.16 Å². The van der Waals surface area contributed by atoms with Gasteiger partial charge in [0.05, 0.1) is 6.54 Å². The molecule has 1 saturated heterocycles. The van der Waals surface area contributed by atoms with Crippen molar-refractivity contribution in [2.75, 3.05) is 11.5 Å². The van der Waals surface area contributed by atoms with Gasteiger partial charge in [0, 0.05) is 12.5 Å². The van der Waals surface area contributed by atoms with E-state index in [0.717, 1.165) is 30.6 Å². The highest BCUT2D eigenvalue weighted by molar-refractivity contribution is 7.99. The Balaban J connectivity index is 1.48. The molecule has 1 aromatic rings. The number of hydrogen-bond donors (Lipinski definition) is 1. The van der Waals surface area contributed by atoms with E-state index in [9.17, 15) is 0 Å². The quantitative estimate of drug-likeness (QED) is 0.870. The molecule has 0 bridgehead atoms. The van der Waals surface area contributed by atoms with Crippen molar-refractivity contribution in [2.24, 2.45) is 5.92 Å². The van der Waals surface area contributed by atoms with Crippen LogP contribution in [0.25, 0.3) is 0 Å². The molecule has 3 rings (SSSR count). The van der Waals surface area contributed by atoms with E-state index in [-0.39, 0.29) is 0 Å². The average Bonchev–Trinajstić information content (AvgIpc) is 3.09. The van der Waals surface area contributed by atoms with Gasteiger partial charge >= 0.3 is 0 Å². The average molecular weight is 253 g/mol. The zero-order valence-corrected chi connectivity index (χ0v) is 10.8. The maximum atomic E-state index is 5.31. The van der Waals surface area contributed by atoms with Gasteiger partial charge in [-0.2, -0.15) is 16.7 Å². The smallest absolute Gasteiger partial charge is 0.226 e. The molecule has 0 unspecified atom stereocenters. The predicted octanol–water partition coefficient (Wildman–Crippen LogP) is 2.01. The van der Waals surface area contributed by atoms with Gasteiger partial charge in [0.2, 0.25) is 5.89 Å². The van der Waals surface area contributed by atoms with Crippen LogP contribution in [0.15, 0.2) is 4.52 Å². The second-order valence-corrected chi connectivity index (χ2v) is 6.24. The van der Waals surface area contributed by atoms with E-state index in [4.69, 9.17) is 4.52 Å². The summed E-state index contributed by atoms with van der Waals surface area (Å²) in [6, 6.07) is 0.701. The van der Waals surface area contributed by atoms with E-state index in [1.54, 1.807) is 0 Å². The predicted molar refractivity (Wildman–Crippen MR) is 67.9 cm³/mol. The highest BCUT2D eigenvalue weighted by Crippen LogP contribution is 2.25. The normalized spacial score (nSPS) is 21.9. The van der Waals surface area contributed by atoms with Crippen LogP contribution >= 0.6 is 11.8 Å². The molecule has 1 aliphatic heterocycles. The maximum Gasteiger partial charge on any atom is 0.226 e. The van der Waals surface area contributed by atoms with Gasteiger partial charge in [-0.05, 0) is 43.1 Å². The molecule has 1 N–H and O–H groups in total. The van der Waals surface area contributed by atoms with Gasteiger partial charge in [-0.15, -0.1) is 0 Å². The summed E-state index contributed by atoms with van der Waals surface area (Å²) in [5.74, 6) is 4.97. The number of rotatable bonds is 5. The molecular weight excluding hydrogens is 234 g/mol. The van der Waals surface area contributed by atoms with Crippen molar-refractivity contribution in [1.29, 1.82) is 0 Å². The van der Waals surface area contributed by atoms with Crippen molar-refractivity contribution in [3.8, 4) is 0 Å². The van der Waals surface area contributed by atoms with Crippen molar-refractivity contribution in [1.82, 2.24) is 15.5 Å². The number of hydrogen-bond acceptors (Lipinski definition) is 5. The van der Waals surface area contributed by atoms with E-state index in [0.29, 0.717) is 6.04 Å². The van der Waals surface area contributed by atoms with Gasteiger partial charge in [-0.25, -0.2) is 0 Å². The molecule has 2 aliphatic rings. The summed E-state index contributed by atoms with van der Waals surface area (Å²) in [6.07, 6.45) is 6.15. The third-order valence-corrected chi connectivity index (χ3v) is 4.49. The number of nitrogens with one attached hydrogen (secondary N) is 1. The second kappa shape index (κ2) is 5.40. The van der Waals surface area contributed by atoms with Crippen molar-refractivity contribution in [3.05, 3.63) is 11.7 Å². The molecule has 5 heteroatoms. The molecule has 94 valence electrons. The molecule has 0 spiro atoms. The molecule has 17 heavy (non-hydrogen) atoms. The monoisotopic (exact) mass is 253 g/mol. The summed E-state index contributed by atoms with van der Waals surface area (Å²) < 4.78 is 5.31. The Morgan fingerprint density at radius 3 is 2.82 bits per heavy atom. The van der Waals surface area contributed by atoms with Crippen LogP contribution in [0.3, 0.4) is 0 Å². The summed E-state index contributed by atoms with van der Waals surface area (Å²) in [7, 11) is 0. The Morgan fingerprint density at radius 1 is 1.24 bits per heavy atom. The van der Waals surface area contributed by atoms with Crippen LogP contribution in [0.1, 0.15) is 37.4 Å². The van der Waals surface area contributed by atoms with Crippen LogP contribution in [0.4, 0.5) is 0 Å². The van der Waals surface area contributed by atoms with Crippen molar-refractivity contribution in [3.63, 3.8) is 0 Å². The Morgan fingerprint density at radius 2 is 2.06 bits per heavy atom. The third-order valence-electron chi connectivity index (χ3n) is 3.44. The van der Waals surface area contributed by atoms with E-state index in [1.807, 2.05) is 0 Å². The van der Waals surface area contributed by atoms with E-state index in [1.165, 1.54) is 37.2 Å². The van der Waals surface area contributed by atoms with Crippen molar-refractivity contribution >= 4 is 11.8 Å². The number of aromatic nitrogens is 2. The van der Waals surface area contributed by atoms with Crippen molar-refractivity contribution < 1.29 is 4.52 Å². The lowest BCUT2D eigenvalue weighted by molar-refractivity contribution is 0.340. The summed E-state index contributed by atoms with van der Waals surface area (Å²) >= 11 is 2.06.